The van der Waals surface area contributed by atoms with E-state index in [0.717, 1.165) is 36.0 Å². The number of ether oxygens (including phenoxy) is 2. The van der Waals surface area contributed by atoms with Gasteiger partial charge in [0.05, 0.1) is 25.3 Å². The number of benzene rings is 3. The number of hydrogen-bond acceptors (Lipinski definition) is 6. The maximum absolute atomic E-state index is 13.8. The molecule has 2 N–H and O–H groups in total. The van der Waals surface area contributed by atoms with Crippen LogP contribution in [0.4, 0.5) is 10.5 Å². The van der Waals surface area contributed by atoms with E-state index < -0.39 is 23.7 Å². The van der Waals surface area contributed by atoms with Crippen LogP contribution in [0.1, 0.15) is 82.6 Å². The number of methoxy groups -OCH3 is 1. The first-order chi connectivity index (χ1) is 20.5. The lowest BCUT2D eigenvalue weighted by Gasteiger charge is -2.38. The summed E-state index contributed by atoms with van der Waals surface area (Å²) in [7, 11) is 1.30. The van der Waals surface area contributed by atoms with Gasteiger partial charge in [-0.15, -0.1) is 0 Å². The third-order valence-electron chi connectivity index (χ3n) is 7.78. The van der Waals surface area contributed by atoms with Gasteiger partial charge in [-0.05, 0) is 98.7 Å². The van der Waals surface area contributed by atoms with Gasteiger partial charge in [-0.25, -0.2) is 9.59 Å². The van der Waals surface area contributed by atoms with E-state index in [1.54, 1.807) is 39.0 Å². The quantitative estimate of drug-likeness (QED) is 0.379. The Balaban J connectivity index is 1.35. The predicted octanol–water partition coefficient (Wildman–Crippen LogP) is 5.58. The van der Waals surface area contributed by atoms with Crippen molar-refractivity contribution in [2.45, 2.75) is 70.7 Å². The molecule has 9 nitrogen and oxygen atoms in total. The van der Waals surface area contributed by atoms with E-state index in [9.17, 15) is 19.2 Å². The van der Waals surface area contributed by atoms with Gasteiger partial charge in [0.1, 0.15) is 11.6 Å². The monoisotopic (exact) mass is 583 g/mol. The number of aryl methyl sites for hydroxylation is 1. The fraction of sp³-hybridized carbons (Fsp3) is 0.353. The molecule has 1 unspecified atom stereocenters. The van der Waals surface area contributed by atoms with Crippen molar-refractivity contribution in [3.8, 4) is 0 Å². The van der Waals surface area contributed by atoms with Crippen molar-refractivity contribution >= 4 is 29.6 Å². The molecule has 224 valence electrons. The first kappa shape index (κ1) is 29.8. The fourth-order valence-corrected chi connectivity index (χ4v) is 5.66. The van der Waals surface area contributed by atoms with E-state index in [2.05, 4.69) is 22.8 Å². The summed E-state index contributed by atoms with van der Waals surface area (Å²) in [6.45, 7) is 5.54. The number of carbonyl (C=O) groups is 4. The highest BCUT2D eigenvalue weighted by atomic mass is 16.6. The normalized spacial score (nSPS) is 17.6. The summed E-state index contributed by atoms with van der Waals surface area (Å²) in [6.07, 6.45) is 2.56. The highest BCUT2D eigenvalue weighted by Crippen LogP contribution is 2.32. The van der Waals surface area contributed by atoms with Gasteiger partial charge < -0.3 is 20.1 Å². The Hall–Kier alpha value is -4.66. The van der Waals surface area contributed by atoms with Gasteiger partial charge in [-0.2, -0.15) is 0 Å². The van der Waals surface area contributed by atoms with E-state index in [1.165, 1.54) is 29.7 Å². The maximum atomic E-state index is 13.8. The largest absolute Gasteiger partial charge is 0.465 e. The molecule has 3 aromatic carbocycles. The molecule has 43 heavy (non-hydrogen) atoms. The zero-order valence-corrected chi connectivity index (χ0v) is 24.9. The molecule has 0 aromatic heterocycles. The zero-order valence-electron chi connectivity index (χ0n) is 24.9. The van der Waals surface area contributed by atoms with Crippen LogP contribution in [0.25, 0.3) is 0 Å². The van der Waals surface area contributed by atoms with Gasteiger partial charge in [0.25, 0.3) is 5.91 Å². The standard InChI is InChI=1S/C34H37N3O6/c1-34(2,3)43-33(41)37-20-25-18-26(35-30(38)22-12-14-23(15-13-22)32(40)42-4)17-16-24(25)19-29(37)31(39)36-28-11-7-9-21-8-5-6-10-27(21)28/h5-6,8,10,12-18,28-29H,7,9,11,19-20H2,1-4H3,(H,35,38)(H,36,39)/t28-,29?/m1/s1. The Kier molecular flexibility index (Phi) is 8.52. The summed E-state index contributed by atoms with van der Waals surface area (Å²) >= 11 is 0. The summed E-state index contributed by atoms with van der Waals surface area (Å²) in [5, 5.41) is 6.10. The average molecular weight is 584 g/mol. The van der Waals surface area contributed by atoms with Crippen LogP contribution >= 0.6 is 0 Å². The highest BCUT2D eigenvalue weighted by Gasteiger charge is 2.38. The van der Waals surface area contributed by atoms with Gasteiger partial charge in [0.15, 0.2) is 0 Å². The fourth-order valence-electron chi connectivity index (χ4n) is 5.66. The smallest absolute Gasteiger partial charge is 0.411 e. The number of fused-ring (bicyclic) bond motifs is 2. The highest BCUT2D eigenvalue weighted by molar-refractivity contribution is 6.05. The number of anilines is 1. The number of hydrogen-bond donors (Lipinski definition) is 2. The first-order valence-electron chi connectivity index (χ1n) is 14.5. The van der Waals surface area contributed by atoms with Crippen LogP contribution in [0, 0.1) is 0 Å². The minimum Gasteiger partial charge on any atom is -0.465 e. The SMILES string of the molecule is COC(=O)c1ccc(C(=O)Nc2ccc3c(c2)CN(C(=O)OC(C)(C)C)C(C(=O)N[C@@H]2CCCc4ccccc42)C3)cc1. The number of esters is 1. The van der Waals surface area contributed by atoms with Gasteiger partial charge in [0.2, 0.25) is 5.91 Å². The zero-order chi connectivity index (χ0) is 30.7. The molecule has 3 aromatic rings. The first-order valence-corrected chi connectivity index (χ1v) is 14.5. The molecule has 0 saturated heterocycles. The molecule has 5 rings (SSSR count). The van der Waals surface area contributed by atoms with E-state index in [4.69, 9.17) is 9.47 Å². The Bertz CT molecular complexity index is 1540. The van der Waals surface area contributed by atoms with E-state index in [1.807, 2.05) is 24.3 Å². The maximum Gasteiger partial charge on any atom is 0.411 e. The van der Waals surface area contributed by atoms with E-state index in [0.29, 0.717) is 23.2 Å². The molecular formula is C34H37N3O6. The molecule has 0 spiro atoms. The molecule has 3 amide bonds. The number of nitrogens with zero attached hydrogens (tertiary/aromatic N) is 1. The molecule has 0 radical (unpaired) electrons. The summed E-state index contributed by atoms with van der Waals surface area (Å²) < 4.78 is 10.4. The van der Waals surface area contributed by atoms with E-state index in [-0.39, 0.29) is 24.4 Å². The predicted molar refractivity (Wildman–Crippen MR) is 162 cm³/mol. The van der Waals surface area contributed by atoms with Crippen LogP contribution in [0.3, 0.4) is 0 Å². The summed E-state index contributed by atoms with van der Waals surface area (Å²) in [5.41, 5.74) is 4.64. The molecule has 0 fully saturated rings. The third kappa shape index (κ3) is 6.88. The second kappa shape index (κ2) is 12.3. The van der Waals surface area contributed by atoms with Crippen LogP contribution in [0.2, 0.25) is 0 Å². The second-order valence-electron chi connectivity index (χ2n) is 12.0. The van der Waals surface area contributed by atoms with Gasteiger partial charge in [0, 0.05) is 17.7 Å². The molecule has 0 bridgehead atoms. The van der Waals surface area contributed by atoms with Crippen molar-refractivity contribution in [3.63, 3.8) is 0 Å². The topological polar surface area (TPSA) is 114 Å². The lowest BCUT2D eigenvalue weighted by atomic mass is 9.87. The minimum atomic E-state index is -0.745. The lowest BCUT2D eigenvalue weighted by molar-refractivity contribution is -0.128. The van der Waals surface area contributed by atoms with E-state index >= 15 is 0 Å². The van der Waals surface area contributed by atoms with Gasteiger partial charge in [-0.1, -0.05) is 30.3 Å². The summed E-state index contributed by atoms with van der Waals surface area (Å²) in [4.78, 5) is 53.3. The van der Waals surface area contributed by atoms with Crippen LogP contribution in [0.5, 0.6) is 0 Å². The Morgan fingerprint density at radius 1 is 0.884 bits per heavy atom. The van der Waals surface area contributed by atoms with Gasteiger partial charge in [-0.3, -0.25) is 14.5 Å². The minimum absolute atomic E-state index is 0.112. The molecule has 2 atom stereocenters. The van der Waals surface area contributed by atoms with Gasteiger partial charge >= 0.3 is 12.1 Å². The Labute approximate surface area is 251 Å². The van der Waals surface area contributed by atoms with Crippen molar-refractivity contribution in [3.05, 3.63) is 100 Å². The molecule has 0 saturated carbocycles. The summed E-state index contributed by atoms with van der Waals surface area (Å²) in [5.74, 6) is -1.04. The van der Waals surface area contributed by atoms with Crippen LogP contribution in [-0.2, 0) is 33.7 Å². The molecule has 2 aliphatic rings. The van der Waals surface area contributed by atoms with Crippen molar-refractivity contribution in [2.24, 2.45) is 0 Å². The third-order valence-corrected chi connectivity index (χ3v) is 7.78. The molecule has 1 aliphatic carbocycles. The molecular weight excluding hydrogens is 546 g/mol. The molecule has 1 aliphatic heterocycles. The number of nitrogens with one attached hydrogen (secondary N) is 2. The molecule has 1 heterocycles. The number of amides is 3. The van der Waals surface area contributed by atoms with Crippen LogP contribution in [0.15, 0.2) is 66.7 Å². The average Bonchev–Trinajstić information content (AvgIpc) is 2.99. The van der Waals surface area contributed by atoms with Crippen molar-refractivity contribution in [2.75, 3.05) is 12.4 Å². The van der Waals surface area contributed by atoms with Crippen LogP contribution < -0.4 is 10.6 Å². The molecule has 9 heteroatoms. The number of rotatable bonds is 5. The van der Waals surface area contributed by atoms with Crippen LogP contribution in [-0.4, -0.2) is 47.5 Å². The second-order valence-corrected chi connectivity index (χ2v) is 12.0. The number of carbonyl (C=O) groups excluding carboxylic acids is 4. The lowest BCUT2D eigenvalue weighted by Crippen LogP contribution is -2.54. The van der Waals surface area contributed by atoms with Crippen molar-refractivity contribution in [1.82, 2.24) is 10.2 Å². The summed E-state index contributed by atoms with van der Waals surface area (Å²) in [6, 6.07) is 19.0. The van der Waals surface area contributed by atoms with Crippen molar-refractivity contribution < 1.29 is 28.7 Å². The Morgan fingerprint density at radius 2 is 1.60 bits per heavy atom. The Morgan fingerprint density at radius 3 is 2.33 bits per heavy atom. The van der Waals surface area contributed by atoms with Crippen molar-refractivity contribution in [1.29, 1.82) is 0 Å².